The topological polar surface area (TPSA) is 48.5 Å². The number of piperazine rings is 1. The number of nitrogens with one attached hydrogen (secondary N) is 1. The van der Waals surface area contributed by atoms with Crippen molar-refractivity contribution < 1.29 is 4.79 Å². The van der Waals surface area contributed by atoms with Gasteiger partial charge in [0.25, 0.3) is 5.91 Å². The van der Waals surface area contributed by atoms with E-state index in [0.29, 0.717) is 5.69 Å². The smallest absolute Gasteiger partial charge is 0.273 e. The molecule has 20 heavy (non-hydrogen) atoms. The molecule has 1 unspecified atom stereocenters. The van der Waals surface area contributed by atoms with Gasteiger partial charge in [-0.1, -0.05) is 6.92 Å². The lowest BCUT2D eigenvalue weighted by molar-refractivity contribution is 0.0731. The Morgan fingerprint density at radius 3 is 2.95 bits per heavy atom. The minimum absolute atomic E-state index is 0.0825. The molecule has 2 fully saturated rings. The average molecular weight is 294 g/mol. The summed E-state index contributed by atoms with van der Waals surface area (Å²) < 4.78 is 0. The van der Waals surface area contributed by atoms with Crippen molar-refractivity contribution in [3.8, 4) is 0 Å². The van der Waals surface area contributed by atoms with Crippen LogP contribution in [0.2, 0.25) is 0 Å². The third kappa shape index (κ3) is 2.96. The largest absolute Gasteiger partial charge is 0.348 e. The predicted octanol–water partition coefficient (Wildman–Crippen LogP) is 1.42. The lowest BCUT2D eigenvalue weighted by Gasteiger charge is -2.30. The van der Waals surface area contributed by atoms with Crippen LogP contribution in [-0.4, -0.2) is 55.1 Å². The van der Waals surface area contributed by atoms with Crippen LogP contribution >= 0.6 is 11.3 Å². The fraction of sp³-hybridized carbons (Fsp3) is 0.714. The number of aromatic nitrogens is 1. The van der Waals surface area contributed by atoms with Gasteiger partial charge in [-0.15, -0.1) is 11.3 Å². The second-order valence-electron chi connectivity index (χ2n) is 5.75. The Kier molecular flexibility index (Phi) is 4.21. The van der Waals surface area contributed by atoms with Crippen molar-refractivity contribution in [1.29, 1.82) is 0 Å². The van der Waals surface area contributed by atoms with Crippen LogP contribution in [0.25, 0.3) is 0 Å². The van der Waals surface area contributed by atoms with Crippen LogP contribution in [0.4, 0.5) is 5.13 Å². The van der Waals surface area contributed by atoms with E-state index in [0.717, 1.165) is 50.3 Å². The first-order chi connectivity index (χ1) is 9.74. The van der Waals surface area contributed by atoms with Crippen molar-refractivity contribution in [3.63, 3.8) is 0 Å². The van der Waals surface area contributed by atoms with Crippen LogP contribution in [0.1, 0.15) is 30.3 Å². The van der Waals surface area contributed by atoms with E-state index in [1.165, 1.54) is 12.8 Å². The molecular formula is C14H22N4OS. The molecule has 0 saturated carbocycles. The second kappa shape index (κ2) is 6.10. The Balaban J connectivity index is 1.68. The molecule has 2 aliphatic rings. The maximum atomic E-state index is 12.4. The highest BCUT2D eigenvalue weighted by molar-refractivity contribution is 7.13. The van der Waals surface area contributed by atoms with Crippen LogP contribution in [0.5, 0.6) is 0 Å². The minimum atomic E-state index is 0.0825. The summed E-state index contributed by atoms with van der Waals surface area (Å²) in [6, 6.07) is 0. The standard InChI is InChI=1S/C14H22N4OS/c1-11-3-2-6-18(9-11)14-16-12(10-20-14)13(19)17-7-4-15-5-8-17/h10-11,15H,2-9H2,1H3. The molecule has 0 spiro atoms. The number of carbonyl (C=O) groups excluding carboxylic acids is 1. The van der Waals surface area contributed by atoms with Crippen LogP contribution in [0.3, 0.4) is 0 Å². The summed E-state index contributed by atoms with van der Waals surface area (Å²) in [6.45, 7) is 7.75. The van der Waals surface area contributed by atoms with Gasteiger partial charge in [-0.3, -0.25) is 4.79 Å². The fourth-order valence-electron chi connectivity index (χ4n) is 2.90. The summed E-state index contributed by atoms with van der Waals surface area (Å²) in [5.41, 5.74) is 0.616. The van der Waals surface area contributed by atoms with E-state index in [-0.39, 0.29) is 5.91 Å². The third-order valence-corrected chi connectivity index (χ3v) is 4.94. The Morgan fingerprint density at radius 1 is 1.40 bits per heavy atom. The fourth-order valence-corrected chi connectivity index (χ4v) is 3.74. The van der Waals surface area contributed by atoms with E-state index in [2.05, 4.69) is 22.1 Å². The van der Waals surface area contributed by atoms with Gasteiger partial charge in [0.15, 0.2) is 5.13 Å². The lowest BCUT2D eigenvalue weighted by atomic mass is 10.0. The monoisotopic (exact) mass is 294 g/mol. The lowest BCUT2D eigenvalue weighted by Crippen LogP contribution is -2.46. The van der Waals surface area contributed by atoms with Gasteiger partial charge in [-0.2, -0.15) is 0 Å². The molecule has 0 aliphatic carbocycles. The quantitative estimate of drug-likeness (QED) is 0.896. The number of thiazole rings is 1. The van der Waals surface area contributed by atoms with Crippen molar-refractivity contribution in [1.82, 2.24) is 15.2 Å². The Hall–Kier alpha value is -1.14. The summed E-state index contributed by atoms with van der Waals surface area (Å²) in [7, 11) is 0. The minimum Gasteiger partial charge on any atom is -0.348 e. The first-order valence-electron chi connectivity index (χ1n) is 7.44. The van der Waals surface area contributed by atoms with Crippen molar-refractivity contribution in [2.75, 3.05) is 44.2 Å². The summed E-state index contributed by atoms with van der Waals surface area (Å²) in [5, 5.41) is 6.19. The molecule has 1 atom stereocenters. The molecule has 110 valence electrons. The van der Waals surface area contributed by atoms with Gasteiger partial charge in [-0.25, -0.2) is 4.98 Å². The third-order valence-electron chi connectivity index (χ3n) is 4.04. The number of carbonyl (C=O) groups is 1. The number of nitrogens with zero attached hydrogens (tertiary/aromatic N) is 3. The SMILES string of the molecule is CC1CCCN(c2nc(C(=O)N3CCNCC3)cs2)C1. The van der Waals surface area contributed by atoms with Gasteiger partial charge in [0.2, 0.25) is 0 Å². The van der Waals surface area contributed by atoms with Gasteiger partial charge < -0.3 is 15.1 Å². The molecule has 2 aliphatic heterocycles. The van der Waals surface area contributed by atoms with Crippen LogP contribution in [0.15, 0.2) is 5.38 Å². The summed E-state index contributed by atoms with van der Waals surface area (Å²) >= 11 is 1.60. The molecular weight excluding hydrogens is 272 g/mol. The van der Waals surface area contributed by atoms with Crippen molar-refractivity contribution >= 4 is 22.4 Å². The Bertz CT molecular complexity index is 469. The van der Waals surface area contributed by atoms with Crippen molar-refractivity contribution in [2.24, 2.45) is 5.92 Å². The molecule has 0 radical (unpaired) electrons. The first-order valence-corrected chi connectivity index (χ1v) is 8.32. The van der Waals surface area contributed by atoms with E-state index >= 15 is 0 Å². The average Bonchev–Trinajstić information content (AvgIpc) is 2.97. The number of rotatable bonds is 2. The van der Waals surface area contributed by atoms with Gasteiger partial charge >= 0.3 is 0 Å². The van der Waals surface area contributed by atoms with E-state index in [1.54, 1.807) is 11.3 Å². The summed E-state index contributed by atoms with van der Waals surface area (Å²) in [6.07, 6.45) is 2.52. The molecule has 1 N–H and O–H groups in total. The molecule has 1 aromatic heterocycles. The van der Waals surface area contributed by atoms with Crippen molar-refractivity contribution in [3.05, 3.63) is 11.1 Å². The molecule has 5 nitrogen and oxygen atoms in total. The highest BCUT2D eigenvalue weighted by Gasteiger charge is 2.23. The zero-order chi connectivity index (χ0) is 13.9. The molecule has 3 rings (SSSR count). The maximum absolute atomic E-state index is 12.4. The van der Waals surface area contributed by atoms with Crippen LogP contribution in [-0.2, 0) is 0 Å². The zero-order valence-corrected chi connectivity index (χ0v) is 12.8. The molecule has 1 aromatic rings. The number of hydrogen-bond acceptors (Lipinski definition) is 5. The van der Waals surface area contributed by atoms with Crippen molar-refractivity contribution in [2.45, 2.75) is 19.8 Å². The molecule has 0 aromatic carbocycles. The van der Waals surface area contributed by atoms with E-state index in [9.17, 15) is 4.79 Å². The van der Waals surface area contributed by atoms with Crippen LogP contribution in [0, 0.1) is 5.92 Å². The summed E-state index contributed by atoms with van der Waals surface area (Å²) in [4.78, 5) is 21.2. The zero-order valence-electron chi connectivity index (χ0n) is 12.0. The van der Waals surface area contributed by atoms with Gasteiger partial charge in [-0.05, 0) is 18.8 Å². The van der Waals surface area contributed by atoms with Gasteiger partial charge in [0, 0.05) is 44.6 Å². The Morgan fingerprint density at radius 2 is 2.20 bits per heavy atom. The highest BCUT2D eigenvalue weighted by atomic mass is 32.1. The number of piperidine rings is 1. The molecule has 2 saturated heterocycles. The van der Waals surface area contributed by atoms with Crippen LogP contribution < -0.4 is 10.2 Å². The molecule has 3 heterocycles. The number of hydrogen-bond donors (Lipinski definition) is 1. The first kappa shape index (κ1) is 13.8. The number of anilines is 1. The predicted molar refractivity (Wildman–Crippen MR) is 81.5 cm³/mol. The van der Waals surface area contributed by atoms with E-state index in [4.69, 9.17) is 0 Å². The number of amides is 1. The molecule has 1 amide bonds. The molecule has 6 heteroatoms. The normalized spacial score (nSPS) is 23.9. The van der Waals surface area contributed by atoms with E-state index in [1.807, 2.05) is 10.3 Å². The molecule has 0 bridgehead atoms. The second-order valence-corrected chi connectivity index (χ2v) is 6.59. The van der Waals surface area contributed by atoms with E-state index < -0.39 is 0 Å². The Labute approximate surface area is 124 Å². The maximum Gasteiger partial charge on any atom is 0.273 e. The van der Waals surface area contributed by atoms with Gasteiger partial charge in [0.05, 0.1) is 0 Å². The van der Waals surface area contributed by atoms with Gasteiger partial charge in [0.1, 0.15) is 5.69 Å². The highest BCUT2D eigenvalue weighted by Crippen LogP contribution is 2.26. The summed E-state index contributed by atoms with van der Waals surface area (Å²) in [5.74, 6) is 0.805.